The van der Waals surface area contributed by atoms with E-state index in [1.807, 2.05) is 11.0 Å². The number of piperazine rings is 1. The molecule has 0 radical (unpaired) electrons. The number of amides is 1. The van der Waals surface area contributed by atoms with Crippen molar-refractivity contribution in [2.24, 2.45) is 5.92 Å². The van der Waals surface area contributed by atoms with Gasteiger partial charge in [-0.15, -0.1) is 0 Å². The Balaban J connectivity index is 1.48. The van der Waals surface area contributed by atoms with E-state index in [1.165, 1.54) is 6.07 Å². The Morgan fingerprint density at radius 2 is 1.91 bits per heavy atom. The van der Waals surface area contributed by atoms with Crippen LogP contribution in [0, 0.1) is 11.7 Å². The number of carbonyl (C=O) groups is 1. The molecule has 0 atom stereocenters. The van der Waals surface area contributed by atoms with E-state index in [9.17, 15) is 9.18 Å². The highest BCUT2D eigenvalue weighted by Crippen LogP contribution is 2.17. The molecule has 2 heterocycles. The van der Waals surface area contributed by atoms with Crippen LogP contribution in [0.3, 0.4) is 0 Å². The van der Waals surface area contributed by atoms with E-state index in [-0.39, 0.29) is 11.7 Å². The molecule has 0 bridgehead atoms. The Kier molecular flexibility index (Phi) is 5.05. The fourth-order valence-electron chi connectivity index (χ4n) is 3.35. The van der Waals surface area contributed by atoms with Crippen LogP contribution >= 0.6 is 0 Å². The Labute approximate surface area is 131 Å². The zero-order valence-corrected chi connectivity index (χ0v) is 12.9. The van der Waals surface area contributed by atoms with Crippen molar-refractivity contribution in [2.45, 2.75) is 19.4 Å². The van der Waals surface area contributed by atoms with Crippen molar-refractivity contribution in [3.63, 3.8) is 0 Å². The standard InChI is InChI=1S/C17H24FN3O/c18-16-3-1-2-14(12-16)13-20-8-10-21(11-9-20)17(22)15-4-6-19-7-5-15/h1-3,12,15,19H,4-11,13H2. The second-order valence-electron chi connectivity index (χ2n) is 6.26. The topological polar surface area (TPSA) is 35.6 Å². The van der Waals surface area contributed by atoms with Crippen LogP contribution in [0.2, 0.25) is 0 Å². The molecular formula is C17H24FN3O. The Morgan fingerprint density at radius 1 is 1.18 bits per heavy atom. The predicted octanol–water partition coefficient (Wildman–Crippen LogP) is 1.47. The SMILES string of the molecule is O=C(C1CCNCC1)N1CCN(Cc2cccc(F)c2)CC1. The van der Waals surface area contributed by atoms with Crippen LogP contribution < -0.4 is 5.32 Å². The molecule has 0 spiro atoms. The van der Waals surface area contributed by atoms with Gasteiger partial charge in [-0.25, -0.2) is 4.39 Å². The molecule has 2 aliphatic heterocycles. The maximum Gasteiger partial charge on any atom is 0.225 e. The van der Waals surface area contributed by atoms with Crippen LogP contribution in [0.5, 0.6) is 0 Å². The van der Waals surface area contributed by atoms with E-state index in [1.54, 1.807) is 12.1 Å². The molecule has 4 nitrogen and oxygen atoms in total. The third-order valence-corrected chi connectivity index (χ3v) is 4.67. The van der Waals surface area contributed by atoms with Gasteiger partial charge in [0.2, 0.25) is 5.91 Å². The first kappa shape index (κ1) is 15.4. The Morgan fingerprint density at radius 3 is 2.59 bits per heavy atom. The maximum atomic E-state index is 13.2. The lowest BCUT2D eigenvalue weighted by molar-refractivity contribution is -0.138. The van der Waals surface area contributed by atoms with Crippen LogP contribution in [0.15, 0.2) is 24.3 Å². The summed E-state index contributed by atoms with van der Waals surface area (Å²) in [6.07, 6.45) is 1.92. The summed E-state index contributed by atoms with van der Waals surface area (Å²) in [7, 11) is 0. The molecule has 1 aromatic rings. The lowest BCUT2D eigenvalue weighted by atomic mass is 9.96. The maximum absolute atomic E-state index is 13.2. The van der Waals surface area contributed by atoms with Crippen molar-refractivity contribution in [3.05, 3.63) is 35.6 Å². The number of hydrogen-bond acceptors (Lipinski definition) is 3. The number of rotatable bonds is 3. The summed E-state index contributed by atoms with van der Waals surface area (Å²) in [6, 6.07) is 6.77. The van der Waals surface area contributed by atoms with Crippen molar-refractivity contribution in [1.29, 1.82) is 0 Å². The van der Waals surface area contributed by atoms with E-state index in [0.717, 1.165) is 64.2 Å². The highest BCUT2D eigenvalue weighted by atomic mass is 19.1. The smallest absolute Gasteiger partial charge is 0.225 e. The van der Waals surface area contributed by atoms with Gasteiger partial charge in [0.25, 0.3) is 0 Å². The lowest BCUT2D eigenvalue weighted by Crippen LogP contribution is -2.51. The molecule has 0 aromatic heterocycles. The average Bonchev–Trinajstić information content (AvgIpc) is 2.56. The molecule has 120 valence electrons. The number of hydrogen-bond donors (Lipinski definition) is 1. The first-order chi connectivity index (χ1) is 10.7. The summed E-state index contributed by atoms with van der Waals surface area (Å²) in [6.45, 7) is 5.98. The van der Waals surface area contributed by atoms with Gasteiger partial charge in [-0.2, -0.15) is 0 Å². The van der Waals surface area contributed by atoms with Gasteiger partial charge >= 0.3 is 0 Å². The third-order valence-electron chi connectivity index (χ3n) is 4.67. The van der Waals surface area contributed by atoms with Gasteiger partial charge < -0.3 is 10.2 Å². The van der Waals surface area contributed by atoms with E-state index >= 15 is 0 Å². The fraction of sp³-hybridized carbons (Fsp3) is 0.588. The van der Waals surface area contributed by atoms with Gasteiger partial charge in [0.1, 0.15) is 5.82 Å². The molecule has 5 heteroatoms. The quantitative estimate of drug-likeness (QED) is 0.918. The zero-order valence-electron chi connectivity index (χ0n) is 12.9. The number of halogens is 1. The van der Waals surface area contributed by atoms with Crippen molar-refractivity contribution in [1.82, 2.24) is 15.1 Å². The second kappa shape index (κ2) is 7.20. The van der Waals surface area contributed by atoms with Gasteiger partial charge in [-0.1, -0.05) is 12.1 Å². The number of nitrogens with zero attached hydrogens (tertiary/aromatic N) is 2. The summed E-state index contributed by atoms with van der Waals surface area (Å²) >= 11 is 0. The van der Waals surface area contributed by atoms with E-state index < -0.39 is 0 Å². The zero-order chi connectivity index (χ0) is 15.4. The molecule has 0 saturated carbocycles. The number of piperidine rings is 1. The number of carbonyl (C=O) groups excluding carboxylic acids is 1. The first-order valence-electron chi connectivity index (χ1n) is 8.19. The summed E-state index contributed by atoms with van der Waals surface area (Å²) in [5.74, 6) is 0.347. The average molecular weight is 305 g/mol. The number of nitrogens with one attached hydrogen (secondary N) is 1. The van der Waals surface area contributed by atoms with Crippen molar-refractivity contribution in [2.75, 3.05) is 39.3 Å². The van der Waals surface area contributed by atoms with Crippen LogP contribution in [-0.2, 0) is 11.3 Å². The van der Waals surface area contributed by atoms with Gasteiger partial charge in [0.05, 0.1) is 0 Å². The minimum Gasteiger partial charge on any atom is -0.340 e. The van der Waals surface area contributed by atoms with E-state index in [4.69, 9.17) is 0 Å². The molecule has 1 amide bonds. The van der Waals surface area contributed by atoms with Crippen molar-refractivity contribution < 1.29 is 9.18 Å². The highest BCUT2D eigenvalue weighted by Gasteiger charge is 2.28. The largest absolute Gasteiger partial charge is 0.340 e. The lowest BCUT2D eigenvalue weighted by Gasteiger charge is -2.37. The van der Waals surface area contributed by atoms with Crippen molar-refractivity contribution >= 4 is 5.91 Å². The van der Waals surface area contributed by atoms with Gasteiger partial charge in [-0.05, 0) is 43.6 Å². The molecule has 2 aliphatic rings. The summed E-state index contributed by atoms with van der Waals surface area (Å²) in [5.41, 5.74) is 0.998. The molecular weight excluding hydrogens is 281 g/mol. The van der Waals surface area contributed by atoms with Crippen LogP contribution in [-0.4, -0.2) is 55.0 Å². The summed E-state index contributed by atoms with van der Waals surface area (Å²) in [4.78, 5) is 16.8. The molecule has 2 fully saturated rings. The molecule has 1 N–H and O–H groups in total. The first-order valence-corrected chi connectivity index (χ1v) is 8.19. The normalized spacial score (nSPS) is 21.0. The Hall–Kier alpha value is -1.46. The third kappa shape index (κ3) is 3.84. The minimum absolute atomic E-state index is 0.183. The van der Waals surface area contributed by atoms with E-state index in [0.29, 0.717) is 5.91 Å². The number of benzene rings is 1. The molecule has 1 aromatic carbocycles. The van der Waals surface area contributed by atoms with Gasteiger partial charge in [-0.3, -0.25) is 9.69 Å². The second-order valence-corrected chi connectivity index (χ2v) is 6.26. The minimum atomic E-state index is -0.183. The van der Waals surface area contributed by atoms with Gasteiger partial charge in [0.15, 0.2) is 0 Å². The molecule has 3 rings (SSSR count). The summed E-state index contributed by atoms with van der Waals surface area (Å²) < 4.78 is 13.2. The molecule has 0 aliphatic carbocycles. The summed E-state index contributed by atoms with van der Waals surface area (Å²) in [5, 5.41) is 3.30. The molecule has 22 heavy (non-hydrogen) atoms. The predicted molar refractivity (Wildman–Crippen MR) is 83.9 cm³/mol. The molecule has 0 unspecified atom stereocenters. The van der Waals surface area contributed by atoms with Crippen LogP contribution in [0.25, 0.3) is 0 Å². The molecule has 2 saturated heterocycles. The van der Waals surface area contributed by atoms with E-state index in [2.05, 4.69) is 10.2 Å². The monoisotopic (exact) mass is 305 g/mol. The van der Waals surface area contributed by atoms with Crippen molar-refractivity contribution in [3.8, 4) is 0 Å². The highest BCUT2D eigenvalue weighted by molar-refractivity contribution is 5.79. The van der Waals surface area contributed by atoms with Gasteiger partial charge in [0, 0.05) is 38.6 Å². The van der Waals surface area contributed by atoms with Crippen LogP contribution in [0.1, 0.15) is 18.4 Å². The van der Waals surface area contributed by atoms with Crippen LogP contribution in [0.4, 0.5) is 4.39 Å². The fourth-order valence-corrected chi connectivity index (χ4v) is 3.35. The Bertz CT molecular complexity index is 508.